The fraction of sp³-hybridized carbons (Fsp3) is 1.00. The predicted octanol–water partition coefficient (Wildman–Crippen LogP) is 1.99. The first-order chi connectivity index (χ1) is 6.49. The highest BCUT2D eigenvalue weighted by atomic mass is 15.2. The largest absolute Gasteiger partial charge is 0.326 e. The molecule has 0 aromatic rings. The minimum Gasteiger partial charge on any atom is -0.326 e. The Bertz CT molecular complexity index is 212. The van der Waals surface area contributed by atoms with E-state index in [2.05, 4.69) is 25.7 Å². The third-order valence-electron chi connectivity index (χ3n) is 4.27. The molecule has 3 atom stereocenters. The number of nitrogens with zero attached hydrogens (tertiary/aromatic N) is 1. The number of rotatable bonds is 1. The van der Waals surface area contributed by atoms with E-state index in [4.69, 9.17) is 5.73 Å². The Morgan fingerprint density at radius 2 is 2.00 bits per heavy atom. The minimum atomic E-state index is 0.415. The average Bonchev–Trinajstić information content (AvgIpc) is 2.59. The van der Waals surface area contributed by atoms with E-state index in [0.29, 0.717) is 17.5 Å². The van der Waals surface area contributed by atoms with Gasteiger partial charge in [-0.2, -0.15) is 0 Å². The highest BCUT2D eigenvalue weighted by Crippen LogP contribution is 2.41. The zero-order valence-corrected chi connectivity index (χ0v) is 9.79. The standard InChI is InChI=1S/C12H24N2/c1-9-11(13)5-7-14(9)10-4-6-12(2,3)8-10/h9-11H,4-8,13H2,1-3H3. The van der Waals surface area contributed by atoms with Gasteiger partial charge in [-0.15, -0.1) is 0 Å². The maximum absolute atomic E-state index is 6.06. The van der Waals surface area contributed by atoms with Gasteiger partial charge in [-0.3, -0.25) is 4.90 Å². The number of likely N-dealkylation sites (tertiary alicyclic amines) is 1. The molecule has 2 N–H and O–H groups in total. The summed E-state index contributed by atoms with van der Waals surface area (Å²) < 4.78 is 0. The molecule has 1 heterocycles. The van der Waals surface area contributed by atoms with Crippen LogP contribution in [0.2, 0.25) is 0 Å². The van der Waals surface area contributed by atoms with Gasteiger partial charge in [0.1, 0.15) is 0 Å². The number of nitrogens with two attached hydrogens (primary N) is 1. The lowest BCUT2D eigenvalue weighted by atomic mass is 9.91. The van der Waals surface area contributed by atoms with Gasteiger partial charge in [0.25, 0.3) is 0 Å². The fourth-order valence-electron chi connectivity index (χ4n) is 3.19. The van der Waals surface area contributed by atoms with Gasteiger partial charge in [0.2, 0.25) is 0 Å². The van der Waals surface area contributed by atoms with Crippen LogP contribution in [0.15, 0.2) is 0 Å². The summed E-state index contributed by atoms with van der Waals surface area (Å²) in [6.07, 6.45) is 5.32. The van der Waals surface area contributed by atoms with Gasteiger partial charge in [0.15, 0.2) is 0 Å². The molecule has 1 aliphatic heterocycles. The van der Waals surface area contributed by atoms with Crippen molar-refractivity contribution in [2.45, 2.75) is 64.6 Å². The number of hydrogen-bond donors (Lipinski definition) is 1. The summed E-state index contributed by atoms with van der Waals surface area (Å²) in [5.74, 6) is 0. The highest BCUT2D eigenvalue weighted by molar-refractivity contribution is 4.95. The topological polar surface area (TPSA) is 29.3 Å². The zero-order chi connectivity index (χ0) is 10.3. The first-order valence-corrected chi connectivity index (χ1v) is 6.01. The highest BCUT2D eigenvalue weighted by Gasteiger charge is 2.39. The molecule has 1 aliphatic carbocycles. The molecule has 1 saturated heterocycles. The molecule has 82 valence electrons. The molecule has 2 aliphatic rings. The molecule has 1 saturated carbocycles. The van der Waals surface area contributed by atoms with E-state index in [9.17, 15) is 0 Å². The molecule has 0 spiro atoms. The maximum Gasteiger partial charge on any atom is 0.0222 e. The van der Waals surface area contributed by atoms with E-state index in [1.54, 1.807) is 0 Å². The van der Waals surface area contributed by atoms with Crippen LogP contribution < -0.4 is 5.73 Å². The smallest absolute Gasteiger partial charge is 0.0222 e. The first kappa shape index (κ1) is 10.4. The van der Waals surface area contributed by atoms with Crippen LogP contribution in [0, 0.1) is 5.41 Å². The lowest BCUT2D eigenvalue weighted by Crippen LogP contribution is -2.42. The zero-order valence-electron chi connectivity index (χ0n) is 9.79. The van der Waals surface area contributed by atoms with Gasteiger partial charge in [-0.05, 0) is 38.0 Å². The van der Waals surface area contributed by atoms with Crippen molar-refractivity contribution < 1.29 is 0 Å². The summed E-state index contributed by atoms with van der Waals surface area (Å²) in [7, 11) is 0. The van der Waals surface area contributed by atoms with Gasteiger partial charge in [-0.25, -0.2) is 0 Å². The second kappa shape index (κ2) is 3.49. The summed E-state index contributed by atoms with van der Waals surface area (Å²) in [4.78, 5) is 2.65. The van der Waals surface area contributed by atoms with Crippen LogP contribution in [0.4, 0.5) is 0 Å². The monoisotopic (exact) mass is 196 g/mol. The van der Waals surface area contributed by atoms with Crippen molar-refractivity contribution in [2.75, 3.05) is 6.54 Å². The van der Waals surface area contributed by atoms with Crippen LogP contribution >= 0.6 is 0 Å². The molecule has 3 unspecified atom stereocenters. The Morgan fingerprint density at radius 3 is 2.43 bits per heavy atom. The average molecular weight is 196 g/mol. The SMILES string of the molecule is CC1C(N)CCN1C1CCC(C)(C)C1. The van der Waals surface area contributed by atoms with Gasteiger partial charge in [0, 0.05) is 24.7 Å². The van der Waals surface area contributed by atoms with Crippen LogP contribution in [-0.4, -0.2) is 29.6 Å². The Hall–Kier alpha value is -0.0800. The van der Waals surface area contributed by atoms with Crippen molar-refractivity contribution in [3.8, 4) is 0 Å². The van der Waals surface area contributed by atoms with Crippen LogP contribution in [0.5, 0.6) is 0 Å². The Balaban J connectivity index is 1.97. The van der Waals surface area contributed by atoms with Crippen LogP contribution in [0.1, 0.15) is 46.5 Å². The second-order valence-electron chi connectivity index (χ2n) is 5.99. The molecular formula is C12H24N2. The lowest BCUT2D eigenvalue weighted by Gasteiger charge is -2.30. The Morgan fingerprint density at radius 1 is 1.29 bits per heavy atom. The third kappa shape index (κ3) is 1.82. The van der Waals surface area contributed by atoms with Gasteiger partial charge in [0.05, 0.1) is 0 Å². The van der Waals surface area contributed by atoms with Crippen LogP contribution in [0.25, 0.3) is 0 Å². The van der Waals surface area contributed by atoms with Crippen molar-refractivity contribution >= 4 is 0 Å². The quantitative estimate of drug-likeness (QED) is 0.695. The number of hydrogen-bond acceptors (Lipinski definition) is 2. The molecule has 0 bridgehead atoms. The van der Waals surface area contributed by atoms with E-state index >= 15 is 0 Å². The molecular weight excluding hydrogens is 172 g/mol. The van der Waals surface area contributed by atoms with E-state index in [0.717, 1.165) is 6.04 Å². The first-order valence-electron chi connectivity index (χ1n) is 6.01. The molecule has 14 heavy (non-hydrogen) atoms. The fourth-order valence-corrected chi connectivity index (χ4v) is 3.19. The Labute approximate surface area is 87.8 Å². The molecule has 0 aromatic heterocycles. The molecule has 2 nitrogen and oxygen atoms in total. The summed E-state index contributed by atoms with van der Waals surface area (Å²) in [5.41, 5.74) is 6.63. The van der Waals surface area contributed by atoms with E-state index in [-0.39, 0.29) is 0 Å². The Kier molecular flexibility index (Phi) is 2.61. The molecule has 0 amide bonds. The molecule has 2 rings (SSSR count). The summed E-state index contributed by atoms with van der Waals surface area (Å²) in [6, 6.07) is 1.83. The van der Waals surface area contributed by atoms with Crippen LogP contribution in [-0.2, 0) is 0 Å². The normalized spacial score (nSPS) is 43.3. The maximum atomic E-state index is 6.06. The van der Waals surface area contributed by atoms with E-state index in [1.165, 1.54) is 32.2 Å². The van der Waals surface area contributed by atoms with Gasteiger partial charge < -0.3 is 5.73 Å². The van der Waals surface area contributed by atoms with Crippen LogP contribution in [0.3, 0.4) is 0 Å². The molecule has 2 heteroatoms. The second-order valence-corrected chi connectivity index (χ2v) is 5.99. The van der Waals surface area contributed by atoms with Crippen molar-refractivity contribution in [1.82, 2.24) is 4.90 Å². The predicted molar refractivity (Wildman–Crippen MR) is 60.2 cm³/mol. The van der Waals surface area contributed by atoms with Gasteiger partial charge >= 0.3 is 0 Å². The molecule has 0 aromatic carbocycles. The lowest BCUT2D eigenvalue weighted by molar-refractivity contribution is 0.175. The summed E-state index contributed by atoms with van der Waals surface area (Å²) in [5, 5.41) is 0. The van der Waals surface area contributed by atoms with E-state index < -0.39 is 0 Å². The van der Waals surface area contributed by atoms with Gasteiger partial charge in [-0.1, -0.05) is 13.8 Å². The summed E-state index contributed by atoms with van der Waals surface area (Å²) in [6.45, 7) is 8.31. The van der Waals surface area contributed by atoms with E-state index in [1.807, 2.05) is 0 Å². The van der Waals surface area contributed by atoms with Crippen molar-refractivity contribution in [2.24, 2.45) is 11.1 Å². The van der Waals surface area contributed by atoms with Crippen molar-refractivity contribution in [3.63, 3.8) is 0 Å². The summed E-state index contributed by atoms with van der Waals surface area (Å²) >= 11 is 0. The third-order valence-corrected chi connectivity index (χ3v) is 4.27. The van der Waals surface area contributed by atoms with Crippen molar-refractivity contribution in [3.05, 3.63) is 0 Å². The molecule has 2 fully saturated rings. The molecule has 0 radical (unpaired) electrons. The van der Waals surface area contributed by atoms with Crippen molar-refractivity contribution in [1.29, 1.82) is 0 Å². The minimum absolute atomic E-state index is 0.415.